The van der Waals surface area contributed by atoms with E-state index in [4.69, 9.17) is 14.2 Å². The Kier molecular flexibility index (Phi) is 10.1. The molecule has 1 aromatic heterocycles. The molecule has 2 amide bonds. The summed E-state index contributed by atoms with van der Waals surface area (Å²) < 4.78 is 12.4. The summed E-state index contributed by atoms with van der Waals surface area (Å²) in [4.78, 5) is 28.2. The van der Waals surface area contributed by atoms with Crippen LogP contribution in [0.1, 0.15) is 49.6 Å². The number of β-amino-alcohol motifs (C(OH)–C–C–N with tert-alkyl or cyclic N) is 1. The van der Waals surface area contributed by atoms with E-state index in [1.165, 1.54) is 9.58 Å². The van der Waals surface area contributed by atoms with Crippen LogP contribution in [-0.4, -0.2) is 68.7 Å². The molecule has 10 nitrogen and oxygen atoms in total. The fraction of sp³-hybridized carbons (Fsp3) is 0.520. The predicted molar refractivity (Wildman–Crippen MR) is 141 cm³/mol. The number of aliphatic hydroxyl groups is 1. The van der Waals surface area contributed by atoms with Crippen LogP contribution in [0.15, 0.2) is 24.4 Å². The van der Waals surface area contributed by atoms with Crippen LogP contribution in [-0.2, 0) is 19.2 Å². The summed E-state index contributed by atoms with van der Waals surface area (Å²) in [5.74, 6) is 2.46. The zero-order valence-corrected chi connectivity index (χ0v) is 22.8. The number of ether oxygens (including phenoxy) is 1. The first-order valence-corrected chi connectivity index (χ1v) is 12.7. The first-order chi connectivity index (χ1) is 17.2. The van der Waals surface area contributed by atoms with Crippen LogP contribution in [0.5, 0.6) is 5.75 Å². The van der Waals surface area contributed by atoms with Gasteiger partial charge in [-0.05, 0) is 25.0 Å². The molecule has 0 saturated carbocycles. The molecule has 0 unspecified atom stereocenters. The number of aromatic nitrogens is 3. The maximum absolute atomic E-state index is 13.5. The molecule has 0 bridgehead atoms. The summed E-state index contributed by atoms with van der Waals surface area (Å²) in [6.45, 7) is 6.88. The van der Waals surface area contributed by atoms with Gasteiger partial charge in [0.1, 0.15) is 40.8 Å². The molecule has 0 aliphatic carbocycles. The largest absolute Gasteiger partial charge is 0.493 e. The Labute approximate surface area is 225 Å². The number of terminal acetylenes is 1. The first-order valence-electron chi connectivity index (χ1n) is 11.9. The summed E-state index contributed by atoms with van der Waals surface area (Å²) in [6.07, 6.45) is 7.31. The third-order valence-corrected chi connectivity index (χ3v) is 6.41. The second-order valence-electron chi connectivity index (χ2n) is 9.12. The second-order valence-corrected chi connectivity index (χ2v) is 9.75. The van der Waals surface area contributed by atoms with Gasteiger partial charge in [0.25, 0.3) is 0 Å². The van der Waals surface area contributed by atoms with Crippen molar-refractivity contribution in [2.45, 2.75) is 58.3 Å². The van der Waals surface area contributed by atoms with Gasteiger partial charge in [-0.1, -0.05) is 31.0 Å². The molecule has 36 heavy (non-hydrogen) atoms. The van der Waals surface area contributed by atoms with E-state index < -0.39 is 18.2 Å². The monoisotopic (exact) mass is 609 g/mol. The van der Waals surface area contributed by atoms with Crippen molar-refractivity contribution in [3.63, 3.8) is 0 Å². The highest BCUT2D eigenvalue weighted by Gasteiger charge is 2.42. The zero-order chi connectivity index (χ0) is 26.2. The van der Waals surface area contributed by atoms with E-state index in [1.54, 1.807) is 25.3 Å². The summed E-state index contributed by atoms with van der Waals surface area (Å²) in [7, 11) is 0. The van der Waals surface area contributed by atoms with Crippen LogP contribution in [0.4, 0.5) is 0 Å². The Morgan fingerprint density at radius 3 is 2.78 bits per heavy atom. The normalized spacial score (nSPS) is 18.2. The number of nitrogens with one attached hydrogen (secondary N) is 1. The van der Waals surface area contributed by atoms with Gasteiger partial charge in [-0.15, -0.1) is 11.5 Å². The molecule has 1 aliphatic heterocycles. The number of hydrogen-bond donors (Lipinski definition) is 2. The number of carbonyl (C=O) groups is 2. The van der Waals surface area contributed by atoms with Crippen LogP contribution < -0.4 is 10.1 Å². The number of aliphatic hydroxyl groups excluding tert-OH is 1. The van der Waals surface area contributed by atoms with E-state index in [1.807, 2.05) is 42.9 Å². The lowest BCUT2D eigenvalue weighted by atomic mass is 10.0. The molecule has 0 radical (unpaired) electrons. The fourth-order valence-corrected chi connectivity index (χ4v) is 4.51. The minimum absolute atomic E-state index is 0.0813. The van der Waals surface area contributed by atoms with Gasteiger partial charge in [-0.2, -0.15) is 0 Å². The molecule has 2 N–H and O–H groups in total. The Balaban J connectivity index is 1.72. The van der Waals surface area contributed by atoms with Crippen molar-refractivity contribution in [1.29, 1.82) is 0 Å². The molecular weight excluding hydrogens is 577 g/mol. The Morgan fingerprint density at radius 1 is 1.36 bits per heavy atom. The fourth-order valence-electron chi connectivity index (χ4n) is 4.20. The van der Waals surface area contributed by atoms with Crippen molar-refractivity contribution in [2.75, 3.05) is 19.8 Å². The molecule has 0 spiro atoms. The number of rotatable bonds is 11. The molecule has 2 heterocycles. The predicted octanol–water partition coefficient (Wildman–Crippen LogP) is 2.18. The number of hydrogen-bond acceptors (Lipinski definition) is 7. The molecule has 1 saturated heterocycles. The number of nitrogens with zero attached hydrogens (tertiary/aromatic N) is 4. The van der Waals surface area contributed by atoms with E-state index in [0.29, 0.717) is 36.6 Å². The minimum Gasteiger partial charge on any atom is -0.493 e. The van der Waals surface area contributed by atoms with Gasteiger partial charge in [-0.25, -0.2) is 4.68 Å². The molecular formula is C25H32IN5O5. The van der Waals surface area contributed by atoms with Gasteiger partial charge in [0.05, 0.1) is 25.0 Å². The lowest BCUT2D eigenvalue weighted by Gasteiger charge is -2.29. The minimum atomic E-state index is -0.798. The summed E-state index contributed by atoms with van der Waals surface area (Å²) in [5.41, 5.74) is 2.12. The van der Waals surface area contributed by atoms with Crippen LogP contribution in [0.25, 0.3) is 0 Å². The van der Waals surface area contributed by atoms with Crippen LogP contribution >= 0.6 is 23.0 Å². The van der Waals surface area contributed by atoms with Gasteiger partial charge in [-0.3, -0.25) is 9.59 Å². The Hall–Kier alpha value is -2.69. The molecule has 2 aromatic rings. The lowest BCUT2D eigenvalue weighted by Crippen LogP contribution is -2.49. The maximum Gasteiger partial charge on any atom is 0.248 e. The number of halogens is 1. The Morgan fingerprint density at radius 2 is 2.14 bits per heavy atom. The van der Waals surface area contributed by atoms with Gasteiger partial charge < -0.3 is 23.1 Å². The SMILES string of the molecule is C#Cc1ccc(CNC(=O)[C@@H]2C[C@@H](O)CN2C(=O)[C@H](C(C)C)n2cc(C)nn2)c(OCCCOI)c1. The quantitative estimate of drug-likeness (QED) is 0.228. The molecule has 11 heteroatoms. The van der Waals surface area contributed by atoms with E-state index >= 15 is 0 Å². The highest BCUT2D eigenvalue weighted by Crippen LogP contribution is 2.27. The summed E-state index contributed by atoms with van der Waals surface area (Å²) in [6, 6.07) is 3.93. The molecule has 1 aromatic carbocycles. The van der Waals surface area contributed by atoms with Crippen molar-refractivity contribution in [3.05, 3.63) is 41.2 Å². The summed E-state index contributed by atoms with van der Waals surface area (Å²) in [5, 5.41) is 21.3. The third-order valence-electron chi connectivity index (χ3n) is 5.97. The topological polar surface area (TPSA) is 119 Å². The van der Waals surface area contributed by atoms with Gasteiger partial charge in [0, 0.05) is 43.3 Å². The van der Waals surface area contributed by atoms with E-state index in [9.17, 15) is 14.7 Å². The maximum atomic E-state index is 13.5. The zero-order valence-electron chi connectivity index (χ0n) is 20.7. The number of benzene rings is 1. The Bertz CT molecular complexity index is 1100. The molecule has 194 valence electrons. The van der Waals surface area contributed by atoms with Crippen molar-refractivity contribution in [2.24, 2.45) is 5.92 Å². The highest BCUT2D eigenvalue weighted by molar-refractivity contribution is 14.1. The molecule has 3 rings (SSSR count). The van der Waals surface area contributed by atoms with Gasteiger partial charge in [0.2, 0.25) is 11.8 Å². The smallest absolute Gasteiger partial charge is 0.248 e. The second kappa shape index (κ2) is 13.0. The van der Waals surface area contributed by atoms with Crippen molar-refractivity contribution < 1.29 is 22.5 Å². The average Bonchev–Trinajstić information content (AvgIpc) is 3.45. The van der Waals surface area contributed by atoms with Crippen molar-refractivity contribution in [1.82, 2.24) is 25.2 Å². The molecule has 1 fully saturated rings. The number of likely N-dealkylation sites (tertiary alicyclic amines) is 1. The van der Waals surface area contributed by atoms with E-state index in [0.717, 1.165) is 5.56 Å². The molecule has 1 aliphatic rings. The lowest BCUT2D eigenvalue weighted by molar-refractivity contribution is -0.142. The standard InChI is InChI=1S/C25H32IN5O5/c1-5-18-7-8-19(22(11-18)35-9-6-10-36-26)13-27-24(33)21-12-20(32)15-30(21)25(34)23(16(2)3)31-14-17(4)28-29-31/h1,7-8,11,14,16,20-21,23,32H,6,9-10,12-13,15H2,2-4H3,(H,27,33)/t20-,21+,23+/m1/s1. The van der Waals surface area contributed by atoms with E-state index in [2.05, 4.69) is 21.5 Å². The van der Waals surface area contributed by atoms with Crippen molar-refractivity contribution in [3.8, 4) is 18.1 Å². The van der Waals surface area contributed by atoms with Gasteiger partial charge >= 0.3 is 0 Å². The average molecular weight is 609 g/mol. The molecule has 3 atom stereocenters. The number of carbonyl (C=O) groups excluding carboxylic acids is 2. The summed E-state index contributed by atoms with van der Waals surface area (Å²) >= 11 is 1.83. The van der Waals surface area contributed by atoms with Crippen LogP contribution in [0.2, 0.25) is 0 Å². The number of amides is 2. The van der Waals surface area contributed by atoms with Gasteiger partial charge in [0.15, 0.2) is 0 Å². The van der Waals surface area contributed by atoms with Crippen LogP contribution in [0.3, 0.4) is 0 Å². The van der Waals surface area contributed by atoms with Crippen molar-refractivity contribution >= 4 is 34.8 Å². The van der Waals surface area contributed by atoms with Crippen LogP contribution in [0, 0.1) is 25.2 Å². The highest BCUT2D eigenvalue weighted by atomic mass is 127. The number of aryl methyl sites for hydroxylation is 1. The van der Waals surface area contributed by atoms with E-state index in [-0.39, 0.29) is 37.2 Å². The third kappa shape index (κ3) is 6.96. The first kappa shape index (κ1) is 27.9.